The van der Waals surface area contributed by atoms with Crippen molar-refractivity contribution in [1.82, 2.24) is 9.88 Å². The first-order valence-electron chi connectivity index (χ1n) is 6.83. The summed E-state index contributed by atoms with van der Waals surface area (Å²) in [6.45, 7) is 1.24. The zero-order valence-corrected chi connectivity index (χ0v) is 10.8. The van der Waals surface area contributed by atoms with Crippen molar-refractivity contribution in [3.05, 3.63) is 35.8 Å². The molecule has 0 saturated carbocycles. The zero-order chi connectivity index (χ0) is 13.2. The molecule has 3 rings (SSSR count). The molecule has 19 heavy (non-hydrogen) atoms. The van der Waals surface area contributed by atoms with Crippen LogP contribution in [0.2, 0.25) is 0 Å². The number of hydrogen-bond donors (Lipinski definition) is 1. The van der Waals surface area contributed by atoms with Crippen molar-refractivity contribution in [1.29, 1.82) is 0 Å². The van der Waals surface area contributed by atoms with Gasteiger partial charge in [-0.25, -0.2) is 8.78 Å². The highest BCUT2D eigenvalue weighted by molar-refractivity contribution is 5.83. The number of fused-ring (bicyclic) bond motifs is 1. The third-order valence-corrected chi connectivity index (χ3v) is 4.06. The molecule has 1 aromatic heterocycles. The molecule has 1 saturated heterocycles. The highest BCUT2D eigenvalue weighted by Gasteiger charge is 2.24. The molecule has 1 fully saturated rings. The molecule has 0 radical (unpaired) electrons. The number of hydrogen-bond acceptors (Lipinski definition) is 1. The summed E-state index contributed by atoms with van der Waals surface area (Å²) in [5.41, 5.74) is 2.04. The summed E-state index contributed by atoms with van der Waals surface area (Å²) in [5, 5.41) is 1.08. The number of nitrogens with zero attached hydrogens (tertiary/aromatic N) is 1. The van der Waals surface area contributed by atoms with E-state index in [0.717, 1.165) is 36.7 Å². The van der Waals surface area contributed by atoms with Crippen LogP contribution in [0.4, 0.5) is 8.78 Å². The number of halogens is 2. The van der Waals surface area contributed by atoms with Crippen molar-refractivity contribution < 1.29 is 8.78 Å². The lowest BCUT2D eigenvalue weighted by atomic mass is 10.0. The predicted octanol–water partition coefficient (Wildman–Crippen LogP) is 3.28. The normalized spacial score (nSPS) is 20.4. The first-order chi connectivity index (χ1) is 9.28. The van der Waals surface area contributed by atoms with Crippen molar-refractivity contribution in [2.75, 3.05) is 19.8 Å². The van der Waals surface area contributed by atoms with Gasteiger partial charge in [0.05, 0.1) is 0 Å². The van der Waals surface area contributed by atoms with Crippen molar-refractivity contribution in [3.63, 3.8) is 0 Å². The first-order valence-corrected chi connectivity index (χ1v) is 6.83. The molecule has 102 valence electrons. The van der Waals surface area contributed by atoms with E-state index in [9.17, 15) is 8.78 Å². The summed E-state index contributed by atoms with van der Waals surface area (Å²) in [6.07, 6.45) is 5.12. The first kappa shape index (κ1) is 12.6. The number of rotatable bonds is 4. The summed E-state index contributed by atoms with van der Waals surface area (Å²) < 4.78 is 25.6. The summed E-state index contributed by atoms with van der Waals surface area (Å²) >= 11 is 0. The molecular weight excluding hydrogens is 246 g/mol. The van der Waals surface area contributed by atoms with Crippen LogP contribution in [0.3, 0.4) is 0 Å². The Morgan fingerprint density at radius 2 is 2.26 bits per heavy atom. The molecule has 1 aromatic carbocycles. The Balaban J connectivity index is 1.81. The van der Waals surface area contributed by atoms with Gasteiger partial charge in [-0.05, 0) is 49.6 Å². The van der Waals surface area contributed by atoms with Gasteiger partial charge in [0, 0.05) is 29.7 Å². The lowest BCUT2D eigenvalue weighted by Crippen LogP contribution is -2.32. The average molecular weight is 264 g/mol. The molecule has 4 heteroatoms. The van der Waals surface area contributed by atoms with Crippen molar-refractivity contribution in [2.45, 2.75) is 25.3 Å². The van der Waals surface area contributed by atoms with Crippen LogP contribution in [0, 0.1) is 5.82 Å². The van der Waals surface area contributed by atoms with Crippen LogP contribution in [0.15, 0.2) is 24.4 Å². The molecule has 1 unspecified atom stereocenters. The molecule has 1 N–H and O–H groups in total. The van der Waals surface area contributed by atoms with E-state index in [0.29, 0.717) is 12.6 Å². The highest BCUT2D eigenvalue weighted by atomic mass is 19.1. The molecular formula is C15H18F2N2. The number of alkyl halides is 1. The van der Waals surface area contributed by atoms with Crippen LogP contribution >= 0.6 is 0 Å². The van der Waals surface area contributed by atoms with Crippen molar-refractivity contribution in [2.24, 2.45) is 0 Å². The smallest absolute Gasteiger partial charge is 0.125 e. The summed E-state index contributed by atoms with van der Waals surface area (Å²) in [5.74, 6) is -0.221. The van der Waals surface area contributed by atoms with Gasteiger partial charge in [0.2, 0.25) is 0 Å². The number of H-pyrrole nitrogens is 1. The Hall–Kier alpha value is -1.42. The van der Waals surface area contributed by atoms with Gasteiger partial charge in [0.15, 0.2) is 0 Å². The van der Waals surface area contributed by atoms with Crippen LogP contribution in [0.5, 0.6) is 0 Å². The van der Waals surface area contributed by atoms with E-state index in [1.165, 1.54) is 17.7 Å². The maximum Gasteiger partial charge on any atom is 0.125 e. The van der Waals surface area contributed by atoms with E-state index in [-0.39, 0.29) is 12.5 Å². The minimum atomic E-state index is -0.282. The molecule has 1 aliphatic heterocycles. The third kappa shape index (κ3) is 2.50. The minimum absolute atomic E-state index is 0.221. The van der Waals surface area contributed by atoms with Gasteiger partial charge in [-0.2, -0.15) is 0 Å². The summed E-state index contributed by atoms with van der Waals surface area (Å²) in [7, 11) is 0. The van der Waals surface area contributed by atoms with E-state index in [1.54, 1.807) is 0 Å². The Labute approximate surface area is 111 Å². The highest BCUT2D eigenvalue weighted by Crippen LogP contribution is 2.25. The van der Waals surface area contributed by atoms with Gasteiger partial charge in [-0.3, -0.25) is 4.90 Å². The average Bonchev–Trinajstić information content (AvgIpc) is 2.98. The molecule has 2 aromatic rings. The van der Waals surface area contributed by atoms with Gasteiger partial charge < -0.3 is 4.98 Å². The fourth-order valence-electron chi connectivity index (χ4n) is 3.11. The van der Waals surface area contributed by atoms with Crippen LogP contribution in [-0.2, 0) is 6.42 Å². The molecule has 2 heterocycles. The van der Waals surface area contributed by atoms with Crippen molar-refractivity contribution in [3.8, 4) is 0 Å². The van der Waals surface area contributed by atoms with Crippen LogP contribution in [0.1, 0.15) is 18.4 Å². The maximum atomic E-state index is 13.1. The number of nitrogens with one attached hydrogen (secondary N) is 1. The zero-order valence-electron chi connectivity index (χ0n) is 10.8. The Kier molecular flexibility index (Phi) is 3.51. The lowest BCUT2D eigenvalue weighted by molar-refractivity contribution is 0.230. The van der Waals surface area contributed by atoms with Gasteiger partial charge in [-0.1, -0.05) is 0 Å². The molecule has 2 nitrogen and oxygen atoms in total. The molecule has 0 aliphatic carbocycles. The SMILES string of the molecule is FCCN1CCCC1Cc1c[nH]c2cc(F)ccc12. The van der Waals surface area contributed by atoms with Crippen LogP contribution in [-0.4, -0.2) is 35.7 Å². The largest absolute Gasteiger partial charge is 0.361 e. The molecule has 0 bridgehead atoms. The topological polar surface area (TPSA) is 19.0 Å². The standard InChI is InChI=1S/C15H18F2N2/c16-5-7-19-6-1-2-13(19)8-11-10-18-15-9-12(17)3-4-14(11)15/h3-4,9-10,13,18H,1-2,5-8H2. The number of aromatic amines is 1. The van der Waals surface area contributed by atoms with Crippen LogP contribution in [0.25, 0.3) is 10.9 Å². The monoisotopic (exact) mass is 264 g/mol. The summed E-state index contributed by atoms with van der Waals surface area (Å²) in [4.78, 5) is 5.34. The van der Waals surface area contributed by atoms with Crippen LogP contribution < -0.4 is 0 Å². The predicted molar refractivity (Wildman–Crippen MR) is 72.5 cm³/mol. The Morgan fingerprint density at radius 1 is 1.37 bits per heavy atom. The summed E-state index contributed by atoms with van der Waals surface area (Å²) in [6, 6.07) is 5.26. The molecule has 0 spiro atoms. The Morgan fingerprint density at radius 3 is 3.11 bits per heavy atom. The second-order valence-electron chi connectivity index (χ2n) is 5.23. The second kappa shape index (κ2) is 5.29. The Bertz CT molecular complexity index is 564. The van der Waals surface area contributed by atoms with Crippen molar-refractivity contribution >= 4 is 10.9 Å². The lowest BCUT2D eigenvalue weighted by Gasteiger charge is -2.22. The van der Waals surface area contributed by atoms with Gasteiger partial charge in [-0.15, -0.1) is 0 Å². The molecule has 1 aliphatic rings. The van der Waals surface area contributed by atoms with Gasteiger partial charge in [0.25, 0.3) is 0 Å². The third-order valence-electron chi connectivity index (χ3n) is 4.06. The number of aromatic nitrogens is 1. The van der Waals surface area contributed by atoms with E-state index < -0.39 is 0 Å². The number of likely N-dealkylation sites (tertiary alicyclic amines) is 1. The quantitative estimate of drug-likeness (QED) is 0.898. The molecule has 0 amide bonds. The van der Waals surface area contributed by atoms with E-state index in [2.05, 4.69) is 9.88 Å². The van der Waals surface area contributed by atoms with E-state index in [4.69, 9.17) is 0 Å². The fourth-order valence-corrected chi connectivity index (χ4v) is 3.11. The fraction of sp³-hybridized carbons (Fsp3) is 0.467. The van der Waals surface area contributed by atoms with E-state index in [1.807, 2.05) is 12.3 Å². The number of benzene rings is 1. The molecule has 1 atom stereocenters. The van der Waals surface area contributed by atoms with Gasteiger partial charge in [0.1, 0.15) is 12.5 Å². The van der Waals surface area contributed by atoms with E-state index >= 15 is 0 Å². The van der Waals surface area contributed by atoms with Gasteiger partial charge >= 0.3 is 0 Å². The minimum Gasteiger partial charge on any atom is -0.361 e. The second-order valence-corrected chi connectivity index (χ2v) is 5.23. The maximum absolute atomic E-state index is 13.1.